The third-order valence-electron chi connectivity index (χ3n) is 4.04. The highest BCUT2D eigenvalue weighted by Crippen LogP contribution is 2.19. The summed E-state index contributed by atoms with van der Waals surface area (Å²) in [4.78, 5) is 12.2. The summed E-state index contributed by atoms with van der Waals surface area (Å²) < 4.78 is 5.59. The predicted molar refractivity (Wildman–Crippen MR) is 85.6 cm³/mol. The van der Waals surface area contributed by atoms with Gasteiger partial charge in [0.15, 0.2) is 0 Å². The van der Waals surface area contributed by atoms with E-state index in [1.165, 1.54) is 0 Å². The first-order valence-electron chi connectivity index (χ1n) is 8.05. The molecular weight excluding hydrogens is 280 g/mol. The molecule has 2 amide bonds. The van der Waals surface area contributed by atoms with Crippen molar-refractivity contribution in [2.45, 2.75) is 50.8 Å². The lowest BCUT2D eigenvalue weighted by molar-refractivity contribution is 0.0858. The Kier molecular flexibility index (Phi) is 6.68. The largest absolute Gasteiger partial charge is 0.396 e. The van der Waals surface area contributed by atoms with Gasteiger partial charge in [-0.25, -0.2) is 4.79 Å². The Labute approximate surface area is 132 Å². The van der Waals surface area contributed by atoms with Gasteiger partial charge in [0.1, 0.15) is 0 Å². The second kappa shape index (κ2) is 8.76. The van der Waals surface area contributed by atoms with Crippen LogP contribution in [0, 0.1) is 0 Å². The van der Waals surface area contributed by atoms with E-state index < -0.39 is 0 Å². The lowest BCUT2D eigenvalue weighted by Gasteiger charge is -2.23. The Morgan fingerprint density at radius 3 is 2.77 bits per heavy atom. The SMILES string of the molecule is CC(NC(=O)NC(CCCO)c1ccccc1)C1CCCO1. The zero-order valence-electron chi connectivity index (χ0n) is 13.1. The van der Waals surface area contributed by atoms with E-state index in [1.807, 2.05) is 37.3 Å². The minimum absolute atomic E-state index is 0.00300. The van der Waals surface area contributed by atoms with Crippen molar-refractivity contribution >= 4 is 6.03 Å². The fourth-order valence-corrected chi connectivity index (χ4v) is 2.80. The van der Waals surface area contributed by atoms with Crippen LogP contribution in [0.3, 0.4) is 0 Å². The zero-order chi connectivity index (χ0) is 15.8. The molecule has 0 aliphatic carbocycles. The molecule has 3 atom stereocenters. The topological polar surface area (TPSA) is 70.6 Å². The van der Waals surface area contributed by atoms with Crippen LogP contribution in [0.25, 0.3) is 0 Å². The van der Waals surface area contributed by atoms with Crippen molar-refractivity contribution in [1.29, 1.82) is 0 Å². The average Bonchev–Trinajstić information content (AvgIpc) is 3.06. The molecule has 1 saturated heterocycles. The molecule has 3 unspecified atom stereocenters. The van der Waals surface area contributed by atoms with Gasteiger partial charge in [-0.3, -0.25) is 0 Å². The second-order valence-corrected chi connectivity index (χ2v) is 5.79. The molecule has 0 aromatic heterocycles. The van der Waals surface area contributed by atoms with Crippen LogP contribution in [0.4, 0.5) is 4.79 Å². The number of urea groups is 1. The first-order chi connectivity index (χ1) is 10.7. The third-order valence-corrected chi connectivity index (χ3v) is 4.04. The van der Waals surface area contributed by atoms with Crippen LogP contribution in [0.1, 0.15) is 44.2 Å². The fourth-order valence-electron chi connectivity index (χ4n) is 2.80. The van der Waals surface area contributed by atoms with Crippen molar-refractivity contribution in [2.75, 3.05) is 13.2 Å². The van der Waals surface area contributed by atoms with Crippen LogP contribution in [0.15, 0.2) is 30.3 Å². The Morgan fingerprint density at radius 2 is 2.14 bits per heavy atom. The molecule has 1 aliphatic rings. The molecule has 0 spiro atoms. The van der Waals surface area contributed by atoms with Crippen molar-refractivity contribution in [3.05, 3.63) is 35.9 Å². The highest BCUT2D eigenvalue weighted by molar-refractivity contribution is 5.74. The summed E-state index contributed by atoms with van der Waals surface area (Å²) in [5.41, 5.74) is 1.05. The second-order valence-electron chi connectivity index (χ2n) is 5.79. The average molecular weight is 306 g/mol. The third kappa shape index (κ3) is 5.00. The molecular formula is C17H26N2O3. The van der Waals surface area contributed by atoms with Gasteiger partial charge in [-0.15, -0.1) is 0 Å². The van der Waals surface area contributed by atoms with Gasteiger partial charge in [-0.1, -0.05) is 30.3 Å². The molecule has 1 heterocycles. The maximum Gasteiger partial charge on any atom is 0.315 e. The molecule has 5 heteroatoms. The van der Waals surface area contributed by atoms with Crippen LogP contribution in [-0.4, -0.2) is 36.5 Å². The summed E-state index contributed by atoms with van der Waals surface area (Å²) in [6.45, 7) is 2.88. The molecule has 0 radical (unpaired) electrons. The Balaban J connectivity index is 1.89. The van der Waals surface area contributed by atoms with E-state index in [0.717, 1.165) is 25.0 Å². The number of aliphatic hydroxyl groups excluding tert-OH is 1. The number of ether oxygens (including phenoxy) is 1. The highest BCUT2D eigenvalue weighted by atomic mass is 16.5. The molecule has 1 fully saturated rings. The number of hydrogen-bond donors (Lipinski definition) is 3. The Hall–Kier alpha value is -1.59. The molecule has 0 saturated carbocycles. The molecule has 3 N–H and O–H groups in total. The van der Waals surface area contributed by atoms with E-state index in [1.54, 1.807) is 0 Å². The standard InChI is InChI=1S/C17H26N2O3/c1-13(16-10-6-12-22-16)18-17(21)19-15(9-5-11-20)14-7-3-2-4-8-14/h2-4,7-8,13,15-16,20H,5-6,9-12H2,1H3,(H2,18,19,21). The Bertz CT molecular complexity index is 446. The number of carbonyl (C=O) groups is 1. The van der Waals surface area contributed by atoms with Gasteiger partial charge in [-0.2, -0.15) is 0 Å². The van der Waals surface area contributed by atoms with Crippen LogP contribution < -0.4 is 10.6 Å². The van der Waals surface area contributed by atoms with Gasteiger partial charge >= 0.3 is 6.03 Å². The van der Waals surface area contributed by atoms with Crippen LogP contribution in [0.5, 0.6) is 0 Å². The van der Waals surface area contributed by atoms with Crippen molar-refractivity contribution in [3.8, 4) is 0 Å². The van der Waals surface area contributed by atoms with E-state index in [9.17, 15) is 4.79 Å². The van der Waals surface area contributed by atoms with E-state index >= 15 is 0 Å². The number of aliphatic hydroxyl groups is 1. The maximum absolute atomic E-state index is 12.2. The lowest BCUT2D eigenvalue weighted by Crippen LogP contribution is -2.46. The van der Waals surface area contributed by atoms with E-state index in [0.29, 0.717) is 12.8 Å². The fraction of sp³-hybridized carbons (Fsp3) is 0.588. The monoisotopic (exact) mass is 306 g/mol. The van der Waals surface area contributed by atoms with Gasteiger partial charge in [0, 0.05) is 13.2 Å². The molecule has 1 aromatic carbocycles. The predicted octanol–water partition coefficient (Wildman–Crippen LogP) is 2.37. The normalized spacial score (nSPS) is 20.4. The molecule has 1 aromatic rings. The smallest absolute Gasteiger partial charge is 0.315 e. The minimum atomic E-state index is -0.185. The molecule has 22 heavy (non-hydrogen) atoms. The van der Waals surface area contributed by atoms with Crippen LogP contribution in [0.2, 0.25) is 0 Å². The highest BCUT2D eigenvalue weighted by Gasteiger charge is 2.24. The van der Waals surface area contributed by atoms with Crippen molar-refractivity contribution < 1.29 is 14.6 Å². The van der Waals surface area contributed by atoms with Crippen molar-refractivity contribution in [2.24, 2.45) is 0 Å². The van der Waals surface area contributed by atoms with Crippen molar-refractivity contribution in [1.82, 2.24) is 10.6 Å². The number of amides is 2. The van der Waals surface area contributed by atoms with Gasteiger partial charge in [0.2, 0.25) is 0 Å². The zero-order valence-corrected chi connectivity index (χ0v) is 13.1. The number of benzene rings is 1. The van der Waals surface area contributed by atoms with Gasteiger partial charge in [-0.05, 0) is 38.2 Å². The molecule has 122 valence electrons. The first kappa shape index (κ1) is 16.8. The van der Waals surface area contributed by atoms with Gasteiger partial charge < -0.3 is 20.5 Å². The van der Waals surface area contributed by atoms with Crippen molar-refractivity contribution in [3.63, 3.8) is 0 Å². The minimum Gasteiger partial charge on any atom is -0.396 e. The summed E-state index contributed by atoms with van der Waals surface area (Å²) in [5.74, 6) is 0. The summed E-state index contributed by atoms with van der Waals surface area (Å²) in [5, 5.41) is 15.0. The molecule has 5 nitrogen and oxygen atoms in total. The van der Waals surface area contributed by atoms with Gasteiger partial charge in [0.05, 0.1) is 18.2 Å². The first-order valence-corrected chi connectivity index (χ1v) is 8.05. The van der Waals surface area contributed by atoms with Crippen LogP contribution in [-0.2, 0) is 4.74 Å². The molecule has 1 aliphatic heterocycles. The van der Waals surface area contributed by atoms with Gasteiger partial charge in [0.25, 0.3) is 0 Å². The maximum atomic E-state index is 12.2. The van der Waals surface area contributed by atoms with E-state index in [4.69, 9.17) is 9.84 Å². The quantitative estimate of drug-likeness (QED) is 0.724. The number of nitrogens with one attached hydrogen (secondary N) is 2. The number of hydrogen-bond acceptors (Lipinski definition) is 3. The lowest BCUT2D eigenvalue weighted by atomic mass is 10.0. The summed E-state index contributed by atoms with van der Waals surface area (Å²) >= 11 is 0. The van der Waals surface area contributed by atoms with Crippen LogP contribution >= 0.6 is 0 Å². The summed E-state index contributed by atoms with van der Waals surface area (Å²) in [7, 11) is 0. The van der Waals surface area contributed by atoms with E-state index in [2.05, 4.69) is 10.6 Å². The summed E-state index contributed by atoms with van der Waals surface area (Å²) in [6, 6.07) is 9.56. The number of rotatable bonds is 7. The summed E-state index contributed by atoms with van der Waals surface area (Å²) in [6.07, 6.45) is 3.53. The Morgan fingerprint density at radius 1 is 1.36 bits per heavy atom. The van der Waals surface area contributed by atoms with E-state index in [-0.39, 0.29) is 30.8 Å². The number of carbonyl (C=O) groups excluding carboxylic acids is 1. The molecule has 2 rings (SSSR count). The molecule has 0 bridgehead atoms.